The number of nitrogens with zero attached hydrogens (tertiary/aromatic N) is 2. The molecule has 2 amide bonds. The zero-order chi connectivity index (χ0) is 14.3. The van der Waals surface area contributed by atoms with E-state index < -0.39 is 0 Å². The minimum Gasteiger partial charge on any atom is -0.296 e. The molecule has 5 heteroatoms. The molecule has 1 aliphatic rings. The van der Waals surface area contributed by atoms with Crippen LogP contribution in [0.1, 0.15) is 36.9 Å². The van der Waals surface area contributed by atoms with Crippen LogP contribution in [-0.2, 0) is 23.1 Å². The Kier molecular flexibility index (Phi) is 3.04. The van der Waals surface area contributed by atoms with Gasteiger partial charge in [-0.25, -0.2) is 0 Å². The van der Waals surface area contributed by atoms with Crippen LogP contribution in [0.15, 0.2) is 18.2 Å². The third-order valence-corrected chi connectivity index (χ3v) is 3.92. The van der Waals surface area contributed by atoms with Gasteiger partial charge in [0, 0.05) is 18.9 Å². The van der Waals surface area contributed by atoms with Crippen LogP contribution in [0.25, 0.3) is 10.9 Å². The third kappa shape index (κ3) is 1.99. The summed E-state index contributed by atoms with van der Waals surface area (Å²) in [6.45, 7) is 2.10. The number of amides is 2. The maximum Gasteiger partial charge on any atom is 0.235 e. The minimum atomic E-state index is -0.330. The summed E-state index contributed by atoms with van der Waals surface area (Å²) < 4.78 is 1.80. The molecule has 2 heterocycles. The second kappa shape index (κ2) is 4.74. The van der Waals surface area contributed by atoms with Crippen molar-refractivity contribution in [3.05, 3.63) is 29.5 Å². The van der Waals surface area contributed by atoms with E-state index in [0.29, 0.717) is 12.8 Å². The molecule has 0 bridgehead atoms. The lowest BCUT2D eigenvalue weighted by Crippen LogP contribution is -2.39. The van der Waals surface area contributed by atoms with E-state index in [2.05, 4.69) is 29.5 Å². The number of imide groups is 1. The highest BCUT2D eigenvalue weighted by molar-refractivity contribution is 6.02. The van der Waals surface area contributed by atoms with Crippen molar-refractivity contribution in [1.29, 1.82) is 0 Å². The van der Waals surface area contributed by atoms with Gasteiger partial charge in [-0.05, 0) is 30.5 Å². The van der Waals surface area contributed by atoms with Crippen LogP contribution in [0, 0.1) is 0 Å². The van der Waals surface area contributed by atoms with Crippen LogP contribution < -0.4 is 5.32 Å². The van der Waals surface area contributed by atoms with Crippen molar-refractivity contribution in [2.45, 2.75) is 32.1 Å². The Labute approximate surface area is 117 Å². The molecule has 0 aliphatic carbocycles. The molecular formula is C15H17N3O2. The highest BCUT2D eigenvalue weighted by Gasteiger charge is 2.31. The molecule has 20 heavy (non-hydrogen) atoms. The normalized spacial score (nSPS) is 19.4. The number of fused-ring (bicyclic) bond motifs is 1. The second-order valence-corrected chi connectivity index (χ2v) is 5.22. The molecule has 1 unspecified atom stereocenters. The van der Waals surface area contributed by atoms with Gasteiger partial charge >= 0.3 is 0 Å². The van der Waals surface area contributed by atoms with Gasteiger partial charge in [0.05, 0.1) is 17.1 Å². The molecule has 1 atom stereocenters. The van der Waals surface area contributed by atoms with Crippen molar-refractivity contribution in [2.24, 2.45) is 7.05 Å². The highest BCUT2D eigenvalue weighted by atomic mass is 16.2. The fourth-order valence-corrected chi connectivity index (χ4v) is 2.77. The summed E-state index contributed by atoms with van der Waals surface area (Å²) in [7, 11) is 1.88. The molecule has 1 aliphatic heterocycles. The van der Waals surface area contributed by atoms with Crippen LogP contribution in [0.5, 0.6) is 0 Å². The fourth-order valence-electron chi connectivity index (χ4n) is 2.77. The van der Waals surface area contributed by atoms with Crippen LogP contribution in [0.4, 0.5) is 0 Å². The molecule has 104 valence electrons. The number of carbonyl (C=O) groups is 2. The maximum absolute atomic E-state index is 12.0. The number of carbonyl (C=O) groups excluding carboxylic acids is 2. The fraction of sp³-hybridized carbons (Fsp3) is 0.400. The summed E-state index contributed by atoms with van der Waals surface area (Å²) in [5.41, 5.74) is 3.02. The lowest BCUT2D eigenvalue weighted by molar-refractivity contribution is -0.134. The predicted molar refractivity (Wildman–Crippen MR) is 75.2 cm³/mol. The average molecular weight is 271 g/mol. The summed E-state index contributed by atoms with van der Waals surface area (Å²) in [5, 5.41) is 7.93. The lowest BCUT2D eigenvalue weighted by atomic mass is 9.92. The third-order valence-electron chi connectivity index (χ3n) is 3.92. The quantitative estimate of drug-likeness (QED) is 0.845. The van der Waals surface area contributed by atoms with E-state index in [1.54, 1.807) is 4.68 Å². The van der Waals surface area contributed by atoms with Crippen LogP contribution in [0.3, 0.4) is 0 Å². The second-order valence-electron chi connectivity index (χ2n) is 5.22. The molecule has 3 rings (SSSR count). The zero-order valence-corrected chi connectivity index (χ0v) is 11.6. The maximum atomic E-state index is 12.0. The molecule has 5 nitrogen and oxygen atoms in total. The summed E-state index contributed by atoms with van der Waals surface area (Å²) >= 11 is 0. The number of hydrogen-bond acceptors (Lipinski definition) is 3. The van der Waals surface area contributed by atoms with Gasteiger partial charge in [0.25, 0.3) is 0 Å². The molecule has 1 N–H and O–H groups in total. The zero-order valence-electron chi connectivity index (χ0n) is 11.6. The van der Waals surface area contributed by atoms with Gasteiger partial charge in [0.1, 0.15) is 0 Å². The van der Waals surface area contributed by atoms with Gasteiger partial charge in [-0.3, -0.25) is 19.6 Å². The van der Waals surface area contributed by atoms with Crippen LogP contribution in [0.2, 0.25) is 0 Å². The van der Waals surface area contributed by atoms with E-state index in [1.165, 1.54) is 5.56 Å². The molecule has 2 aromatic rings. The standard InChI is InChI=1S/C15H17N3O2/c1-3-9-4-6-12-11(8-9)14(17-18(12)2)10-5-7-13(19)16-15(10)20/h4,6,8,10H,3,5,7H2,1-2H3,(H,16,19,20). The number of hydrogen-bond donors (Lipinski definition) is 1. The van der Waals surface area contributed by atoms with E-state index in [-0.39, 0.29) is 17.7 Å². The number of nitrogens with one attached hydrogen (secondary N) is 1. The average Bonchev–Trinajstić information content (AvgIpc) is 2.75. The molecule has 1 saturated heterocycles. The number of aromatic nitrogens is 2. The predicted octanol–water partition coefficient (Wildman–Crippen LogP) is 1.66. The Hall–Kier alpha value is -2.17. The van der Waals surface area contributed by atoms with Crippen molar-refractivity contribution >= 4 is 22.7 Å². The van der Waals surface area contributed by atoms with E-state index in [1.807, 2.05) is 13.1 Å². The molecule has 1 aromatic carbocycles. The minimum absolute atomic E-state index is 0.194. The SMILES string of the molecule is CCc1ccc2c(c1)c(C1CCC(=O)NC1=O)nn2C. The Morgan fingerprint density at radius 3 is 2.90 bits per heavy atom. The highest BCUT2D eigenvalue weighted by Crippen LogP contribution is 2.30. The number of piperidine rings is 1. The number of benzene rings is 1. The van der Waals surface area contributed by atoms with Gasteiger partial charge in [-0.1, -0.05) is 13.0 Å². The van der Waals surface area contributed by atoms with Gasteiger partial charge in [0.15, 0.2) is 0 Å². The first-order valence-electron chi connectivity index (χ1n) is 6.89. The molecular weight excluding hydrogens is 254 g/mol. The molecule has 0 spiro atoms. The Balaban J connectivity index is 2.11. The van der Waals surface area contributed by atoms with E-state index in [0.717, 1.165) is 23.0 Å². The van der Waals surface area contributed by atoms with Crippen LogP contribution in [-0.4, -0.2) is 21.6 Å². The van der Waals surface area contributed by atoms with Gasteiger partial charge in [-0.15, -0.1) is 0 Å². The monoisotopic (exact) mass is 271 g/mol. The van der Waals surface area contributed by atoms with Crippen LogP contribution >= 0.6 is 0 Å². The van der Waals surface area contributed by atoms with Crippen molar-refractivity contribution in [3.63, 3.8) is 0 Å². The first kappa shape index (κ1) is 12.8. The summed E-state index contributed by atoms with van der Waals surface area (Å²) in [5.74, 6) is -0.757. The Morgan fingerprint density at radius 2 is 2.20 bits per heavy atom. The van der Waals surface area contributed by atoms with Crippen molar-refractivity contribution in [2.75, 3.05) is 0 Å². The molecule has 1 aromatic heterocycles. The first-order valence-corrected chi connectivity index (χ1v) is 6.89. The van der Waals surface area contributed by atoms with E-state index >= 15 is 0 Å². The Bertz CT molecular complexity index is 702. The first-order chi connectivity index (χ1) is 9.60. The summed E-state index contributed by atoms with van der Waals surface area (Å²) in [6, 6.07) is 6.22. The molecule has 1 fully saturated rings. The van der Waals surface area contributed by atoms with Gasteiger partial charge in [-0.2, -0.15) is 5.10 Å². The summed E-state index contributed by atoms with van der Waals surface area (Å²) in [6.07, 6.45) is 1.86. The van der Waals surface area contributed by atoms with E-state index in [9.17, 15) is 9.59 Å². The van der Waals surface area contributed by atoms with Crippen molar-refractivity contribution in [3.8, 4) is 0 Å². The summed E-state index contributed by atoms with van der Waals surface area (Å²) in [4.78, 5) is 23.3. The van der Waals surface area contributed by atoms with Crippen molar-refractivity contribution in [1.82, 2.24) is 15.1 Å². The lowest BCUT2D eigenvalue weighted by Gasteiger charge is -2.19. The smallest absolute Gasteiger partial charge is 0.235 e. The van der Waals surface area contributed by atoms with E-state index in [4.69, 9.17) is 0 Å². The molecule has 0 radical (unpaired) electrons. The number of rotatable bonds is 2. The Morgan fingerprint density at radius 1 is 1.40 bits per heavy atom. The number of aryl methyl sites for hydroxylation is 2. The topological polar surface area (TPSA) is 64.0 Å². The largest absolute Gasteiger partial charge is 0.296 e. The van der Waals surface area contributed by atoms with Crippen molar-refractivity contribution < 1.29 is 9.59 Å². The van der Waals surface area contributed by atoms with Gasteiger partial charge < -0.3 is 0 Å². The van der Waals surface area contributed by atoms with Gasteiger partial charge in [0.2, 0.25) is 11.8 Å². The molecule has 0 saturated carbocycles.